The minimum absolute atomic E-state index is 0.0180. The Bertz CT molecular complexity index is 593. The molecule has 0 spiro atoms. The molecule has 19 heavy (non-hydrogen) atoms. The molecule has 98 valence electrons. The summed E-state index contributed by atoms with van der Waals surface area (Å²) in [5.41, 5.74) is 9.27. The number of carbonyl (C=O) groups is 1. The molecule has 0 saturated heterocycles. The van der Waals surface area contributed by atoms with Crippen molar-refractivity contribution in [3.05, 3.63) is 65.2 Å². The Morgan fingerprint density at radius 1 is 1.16 bits per heavy atom. The molecule has 0 heterocycles. The first-order valence-corrected chi connectivity index (χ1v) is 6.23. The molecule has 0 aliphatic carbocycles. The number of nitrogens with two attached hydrogens (primary N) is 1. The van der Waals surface area contributed by atoms with E-state index in [1.54, 1.807) is 36.2 Å². The largest absolute Gasteiger partial charge is 0.399 e. The second kappa shape index (κ2) is 5.57. The Morgan fingerprint density at radius 2 is 1.89 bits per heavy atom. The Hall–Kier alpha value is -2.29. The molecule has 2 N–H and O–H groups in total. The smallest absolute Gasteiger partial charge is 0.253 e. The fraction of sp³-hybridized carbons (Fsp3) is 0.188. The van der Waals surface area contributed by atoms with Crippen LogP contribution in [0.5, 0.6) is 0 Å². The molecule has 2 aromatic rings. The molecule has 2 rings (SSSR count). The van der Waals surface area contributed by atoms with E-state index in [0.29, 0.717) is 17.8 Å². The predicted molar refractivity (Wildman–Crippen MR) is 77.8 cm³/mol. The molecule has 0 bridgehead atoms. The lowest BCUT2D eigenvalue weighted by atomic mass is 10.1. The number of anilines is 1. The highest BCUT2D eigenvalue weighted by Crippen LogP contribution is 2.13. The normalized spacial score (nSPS) is 10.2. The molecule has 2 aromatic carbocycles. The Balaban J connectivity index is 2.14. The van der Waals surface area contributed by atoms with Crippen molar-refractivity contribution >= 4 is 11.6 Å². The van der Waals surface area contributed by atoms with E-state index in [4.69, 9.17) is 5.73 Å². The summed E-state index contributed by atoms with van der Waals surface area (Å²) in [7, 11) is 1.80. The number of carbonyl (C=O) groups excluding carboxylic acids is 1. The molecule has 0 fully saturated rings. The van der Waals surface area contributed by atoms with Crippen molar-refractivity contribution in [1.29, 1.82) is 0 Å². The van der Waals surface area contributed by atoms with E-state index in [9.17, 15) is 4.79 Å². The molecule has 0 aliphatic heterocycles. The minimum atomic E-state index is -0.0180. The third-order valence-corrected chi connectivity index (χ3v) is 3.15. The zero-order valence-corrected chi connectivity index (χ0v) is 11.3. The van der Waals surface area contributed by atoms with Crippen LogP contribution in [-0.2, 0) is 6.54 Å². The maximum absolute atomic E-state index is 12.3. The standard InChI is InChI=1S/C16H18N2O/c1-12-6-3-4-7-14(12)11-18(2)16(19)13-8-5-9-15(17)10-13/h3-10H,11,17H2,1-2H3. The molecule has 1 amide bonds. The zero-order chi connectivity index (χ0) is 13.8. The van der Waals surface area contributed by atoms with Gasteiger partial charge in [-0.25, -0.2) is 0 Å². The van der Waals surface area contributed by atoms with Crippen molar-refractivity contribution in [3.63, 3.8) is 0 Å². The van der Waals surface area contributed by atoms with Crippen LogP contribution in [0, 0.1) is 6.92 Å². The van der Waals surface area contributed by atoms with Crippen LogP contribution in [0.2, 0.25) is 0 Å². The number of rotatable bonds is 3. The Kier molecular flexibility index (Phi) is 3.85. The monoisotopic (exact) mass is 254 g/mol. The summed E-state index contributed by atoms with van der Waals surface area (Å²) in [5.74, 6) is -0.0180. The van der Waals surface area contributed by atoms with Crippen LogP contribution >= 0.6 is 0 Å². The first kappa shape index (κ1) is 13.1. The topological polar surface area (TPSA) is 46.3 Å². The van der Waals surface area contributed by atoms with Gasteiger partial charge in [-0.1, -0.05) is 30.3 Å². The van der Waals surface area contributed by atoms with E-state index in [0.717, 1.165) is 5.56 Å². The molecular formula is C16H18N2O. The van der Waals surface area contributed by atoms with E-state index in [1.165, 1.54) is 5.56 Å². The van der Waals surface area contributed by atoms with E-state index in [-0.39, 0.29) is 5.91 Å². The average Bonchev–Trinajstić information content (AvgIpc) is 2.40. The van der Waals surface area contributed by atoms with Crippen LogP contribution in [0.1, 0.15) is 21.5 Å². The fourth-order valence-electron chi connectivity index (χ4n) is 2.01. The fourth-order valence-corrected chi connectivity index (χ4v) is 2.01. The summed E-state index contributed by atoms with van der Waals surface area (Å²) in [6.07, 6.45) is 0. The van der Waals surface area contributed by atoms with Crippen molar-refractivity contribution in [3.8, 4) is 0 Å². The molecule has 0 radical (unpaired) electrons. The zero-order valence-electron chi connectivity index (χ0n) is 11.3. The lowest BCUT2D eigenvalue weighted by Crippen LogP contribution is -2.26. The predicted octanol–water partition coefficient (Wildman–Crippen LogP) is 2.85. The number of nitrogen functional groups attached to an aromatic ring is 1. The van der Waals surface area contributed by atoms with Crippen molar-refractivity contribution in [2.45, 2.75) is 13.5 Å². The van der Waals surface area contributed by atoms with Crippen LogP contribution in [0.15, 0.2) is 48.5 Å². The number of hydrogen-bond acceptors (Lipinski definition) is 2. The highest BCUT2D eigenvalue weighted by molar-refractivity contribution is 5.94. The van der Waals surface area contributed by atoms with Gasteiger partial charge in [-0.15, -0.1) is 0 Å². The third kappa shape index (κ3) is 3.13. The number of benzene rings is 2. The van der Waals surface area contributed by atoms with E-state index >= 15 is 0 Å². The van der Waals surface area contributed by atoms with Gasteiger partial charge in [-0.05, 0) is 36.2 Å². The summed E-state index contributed by atoms with van der Waals surface area (Å²) < 4.78 is 0. The molecule has 0 unspecified atom stereocenters. The number of amides is 1. The summed E-state index contributed by atoms with van der Waals surface area (Å²) in [6, 6.07) is 15.1. The van der Waals surface area contributed by atoms with Crippen LogP contribution in [-0.4, -0.2) is 17.9 Å². The summed E-state index contributed by atoms with van der Waals surface area (Å²) in [5, 5.41) is 0. The molecular weight excluding hydrogens is 236 g/mol. The molecule has 0 aliphatic rings. The van der Waals surface area contributed by atoms with E-state index < -0.39 is 0 Å². The van der Waals surface area contributed by atoms with Gasteiger partial charge in [0.25, 0.3) is 5.91 Å². The Morgan fingerprint density at radius 3 is 2.58 bits per heavy atom. The van der Waals surface area contributed by atoms with Gasteiger partial charge in [0, 0.05) is 24.8 Å². The molecule has 3 nitrogen and oxygen atoms in total. The van der Waals surface area contributed by atoms with Crippen LogP contribution in [0.3, 0.4) is 0 Å². The lowest BCUT2D eigenvalue weighted by Gasteiger charge is -2.18. The summed E-state index contributed by atoms with van der Waals surface area (Å²) in [6.45, 7) is 2.65. The molecule has 0 saturated carbocycles. The number of aryl methyl sites for hydroxylation is 1. The van der Waals surface area contributed by atoms with Gasteiger partial charge in [-0.3, -0.25) is 4.79 Å². The summed E-state index contributed by atoms with van der Waals surface area (Å²) in [4.78, 5) is 14.0. The van der Waals surface area contributed by atoms with Gasteiger partial charge in [-0.2, -0.15) is 0 Å². The van der Waals surface area contributed by atoms with Gasteiger partial charge < -0.3 is 10.6 Å². The van der Waals surface area contributed by atoms with Crippen LogP contribution in [0.4, 0.5) is 5.69 Å². The maximum atomic E-state index is 12.3. The van der Waals surface area contributed by atoms with Crippen molar-refractivity contribution in [2.24, 2.45) is 0 Å². The molecule has 3 heteroatoms. The maximum Gasteiger partial charge on any atom is 0.253 e. The van der Waals surface area contributed by atoms with Crippen LogP contribution < -0.4 is 5.73 Å². The van der Waals surface area contributed by atoms with Gasteiger partial charge in [0.15, 0.2) is 0 Å². The lowest BCUT2D eigenvalue weighted by molar-refractivity contribution is 0.0785. The minimum Gasteiger partial charge on any atom is -0.399 e. The van der Waals surface area contributed by atoms with Crippen molar-refractivity contribution in [2.75, 3.05) is 12.8 Å². The van der Waals surface area contributed by atoms with E-state index in [1.807, 2.05) is 31.2 Å². The second-order valence-electron chi connectivity index (χ2n) is 4.71. The third-order valence-electron chi connectivity index (χ3n) is 3.15. The number of nitrogens with zero attached hydrogens (tertiary/aromatic N) is 1. The van der Waals surface area contributed by atoms with Gasteiger partial charge in [0.05, 0.1) is 0 Å². The van der Waals surface area contributed by atoms with Gasteiger partial charge >= 0.3 is 0 Å². The number of hydrogen-bond donors (Lipinski definition) is 1. The average molecular weight is 254 g/mol. The second-order valence-corrected chi connectivity index (χ2v) is 4.71. The molecule has 0 atom stereocenters. The Labute approximate surface area is 113 Å². The highest BCUT2D eigenvalue weighted by Gasteiger charge is 2.12. The first-order chi connectivity index (χ1) is 9.08. The molecule has 0 aromatic heterocycles. The van der Waals surface area contributed by atoms with Crippen LogP contribution in [0.25, 0.3) is 0 Å². The van der Waals surface area contributed by atoms with Gasteiger partial charge in [0.2, 0.25) is 0 Å². The van der Waals surface area contributed by atoms with E-state index in [2.05, 4.69) is 0 Å². The first-order valence-electron chi connectivity index (χ1n) is 6.23. The highest BCUT2D eigenvalue weighted by atomic mass is 16.2. The quantitative estimate of drug-likeness (QED) is 0.856. The van der Waals surface area contributed by atoms with Crippen molar-refractivity contribution < 1.29 is 4.79 Å². The van der Waals surface area contributed by atoms with Crippen molar-refractivity contribution in [1.82, 2.24) is 4.90 Å². The SMILES string of the molecule is Cc1ccccc1CN(C)C(=O)c1cccc(N)c1. The summed E-state index contributed by atoms with van der Waals surface area (Å²) >= 11 is 0. The van der Waals surface area contributed by atoms with Gasteiger partial charge in [0.1, 0.15) is 0 Å².